The first-order valence-corrected chi connectivity index (χ1v) is 4.44. The quantitative estimate of drug-likeness (QED) is 0.722. The van der Waals surface area contributed by atoms with Crippen molar-refractivity contribution in [3.8, 4) is 0 Å². The molecule has 7 heteroatoms. The number of alkyl halides is 3. The zero-order valence-electron chi connectivity index (χ0n) is 7.28. The Morgan fingerprint density at radius 2 is 2.00 bits per heavy atom. The van der Waals surface area contributed by atoms with Crippen LogP contribution in [0.5, 0.6) is 0 Å². The Kier molecular flexibility index (Phi) is 5.14. The molecule has 1 aliphatic heterocycles. The first-order chi connectivity index (χ1) is 5.93. The maximum absolute atomic E-state index is 12.3. The van der Waals surface area contributed by atoms with Gasteiger partial charge in [-0.25, -0.2) is 0 Å². The standard InChI is InChI=1S/C7H8BrF3N2.BrH/c1-4-5(8)6(7(9,10)11)13-3-2-12-4;/h12H,2-3H2,1H3;1H. The summed E-state index contributed by atoms with van der Waals surface area (Å²) < 4.78 is 37.0. The first-order valence-electron chi connectivity index (χ1n) is 3.65. The molecule has 0 aromatic rings. The normalized spacial score (nSPS) is 17.9. The molecular weight excluding hydrogens is 329 g/mol. The van der Waals surface area contributed by atoms with E-state index in [2.05, 4.69) is 26.2 Å². The number of hydrogen-bond donors (Lipinski definition) is 1. The van der Waals surface area contributed by atoms with Crippen LogP contribution in [-0.4, -0.2) is 25.0 Å². The molecule has 14 heavy (non-hydrogen) atoms. The van der Waals surface area contributed by atoms with Gasteiger partial charge < -0.3 is 5.32 Å². The van der Waals surface area contributed by atoms with Crippen LogP contribution in [0.25, 0.3) is 0 Å². The number of nitrogens with one attached hydrogen (secondary N) is 1. The van der Waals surface area contributed by atoms with Crippen LogP contribution >= 0.6 is 32.9 Å². The summed E-state index contributed by atoms with van der Waals surface area (Å²) in [5.41, 5.74) is -0.372. The van der Waals surface area contributed by atoms with Crippen LogP contribution in [-0.2, 0) is 0 Å². The van der Waals surface area contributed by atoms with Crippen molar-refractivity contribution in [2.45, 2.75) is 13.1 Å². The first kappa shape index (κ1) is 14.0. The monoisotopic (exact) mass is 336 g/mol. The Labute approximate surface area is 98.6 Å². The molecule has 2 nitrogen and oxygen atoms in total. The van der Waals surface area contributed by atoms with E-state index < -0.39 is 11.9 Å². The van der Waals surface area contributed by atoms with E-state index in [0.717, 1.165) is 0 Å². The SMILES string of the molecule is Br.CC1=C(Br)C(C(F)(F)F)=NCCN1. The molecule has 0 aromatic carbocycles. The molecule has 1 heterocycles. The summed E-state index contributed by atoms with van der Waals surface area (Å²) in [5, 5.41) is 2.81. The summed E-state index contributed by atoms with van der Waals surface area (Å²) >= 11 is 2.87. The Bertz CT molecular complexity index is 271. The minimum absolute atomic E-state index is 0. The van der Waals surface area contributed by atoms with Gasteiger partial charge in [-0.15, -0.1) is 17.0 Å². The molecule has 1 N–H and O–H groups in total. The predicted octanol–water partition coefficient (Wildman–Crippen LogP) is 2.80. The zero-order chi connectivity index (χ0) is 10.1. The molecular formula is C7H9Br2F3N2. The van der Waals surface area contributed by atoms with Crippen molar-refractivity contribution in [3.63, 3.8) is 0 Å². The zero-order valence-corrected chi connectivity index (χ0v) is 10.6. The highest BCUT2D eigenvalue weighted by Crippen LogP contribution is 2.27. The second kappa shape index (κ2) is 5.16. The summed E-state index contributed by atoms with van der Waals surface area (Å²) in [7, 11) is 0. The van der Waals surface area contributed by atoms with Crippen LogP contribution in [0.4, 0.5) is 13.2 Å². The molecule has 1 rings (SSSR count). The van der Waals surface area contributed by atoms with Gasteiger partial charge in [0.1, 0.15) is 0 Å². The maximum atomic E-state index is 12.3. The van der Waals surface area contributed by atoms with E-state index in [1.807, 2.05) is 0 Å². The highest BCUT2D eigenvalue weighted by Gasteiger charge is 2.38. The van der Waals surface area contributed by atoms with Crippen LogP contribution < -0.4 is 5.32 Å². The molecule has 0 fully saturated rings. The Morgan fingerprint density at radius 3 is 2.50 bits per heavy atom. The average molecular weight is 338 g/mol. The van der Waals surface area contributed by atoms with Crippen LogP contribution in [0.2, 0.25) is 0 Å². The van der Waals surface area contributed by atoms with Crippen LogP contribution in [0.1, 0.15) is 6.92 Å². The number of nitrogens with zero attached hydrogens (tertiary/aromatic N) is 1. The van der Waals surface area contributed by atoms with Gasteiger partial charge in [0.2, 0.25) is 0 Å². The summed E-state index contributed by atoms with van der Waals surface area (Å²) in [6, 6.07) is 0. The molecule has 0 atom stereocenters. The van der Waals surface area contributed by atoms with E-state index in [1.165, 1.54) is 0 Å². The van der Waals surface area contributed by atoms with Gasteiger partial charge in [0.05, 0.1) is 11.0 Å². The Morgan fingerprint density at radius 1 is 1.43 bits per heavy atom. The van der Waals surface area contributed by atoms with Gasteiger partial charge in [0.25, 0.3) is 0 Å². The van der Waals surface area contributed by atoms with E-state index >= 15 is 0 Å². The van der Waals surface area contributed by atoms with Gasteiger partial charge in [-0.1, -0.05) is 0 Å². The third kappa shape index (κ3) is 3.27. The summed E-state index contributed by atoms with van der Waals surface area (Å²) in [6.45, 7) is 2.15. The fourth-order valence-corrected chi connectivity index (χ4v) is 1.44. The number of halogens is 5. The number of rotatable bonds is 0. The van der Waals surface area contributed by atoms with E-state index in [1.54, 1.807) is 6.92 Å². The second-order valence-electron chi connectivity index (χ2n) is 2.59. The number of allylic oxidation sites excluding steroid dienone is 2. The average Bonchev–Trinajstić information content (AvgIpc) is 2.14. The minimum Gasteiger partial charge on any atom is -0.386 e. The predicted molar refractivity (Wildman–Crippen MR) is 58.3 cm³/mol. The van der Waals surface area contributed by atoms with Gasteiger partial charge in [0, 0.05) is 12.2 Å². The Balaban J connectivity index is 0.00000169. The van der Waals surface area contributed by atoms with E-state index in [-0.39, 0.29) is 28.0 Å². The molecule has 0 aromatic heterocycles. The smallest absolute Gasteiger partial charge is 0.386 e. The summed E-state index contributed by atoms with van der Waals surface area (Å²) in [6.07, 6.45) is -4.38. The number of hydrogen-bond acceptors (Lipinski definition) is 2. The lowest BCUT2D eigenvalue weighted by atomic mass is 10.3. The van der Waals surface area contributed by atoms with Crippen molar-refractivity contribution in [2.75, 3.05) is 13.1 Å². The summed E-state index contributed by atoms with van der Waals surface area (Å²) in [5.74, 6) is 0. The van der Waals surface area contributed by atoms with Crippen molar-refractivity contribution in [1.82, 2.24) is 5.32 Å². The van der Waals surface area contributed by atoms with E-state index in [4.69, 9.17) is 0 Å². The molecule has 0 radical (unpaired) electrons. The molecule has 0 saturated heterocycles. The van der Waals surface area contributed by atoms with Gasteiger partial charge in [-0.3, -0.25) is 4.99 Å². The lowest BCUT2D eigenvalue weighted by Gasteiger charge is -2.09. The van der Waals surface area contributed by atoms with Crippen molar-refractivity contribution in [1.29, 1.82) is 0 Å². The molecule has 1 aliphatic rings. The Hall–Kier alpha value is -0.0400. The van der Waals surface area contributed by atoms with Gasteiger partial charge in [-0.2, -0.15) is 13.2 Å². The minimum atomic E-state index is -4.38. The second-order valence-corrected chi connectivity index (χ2v) is 3.39. The van der Waals surface area contributed by atoms with Gasteiger partial charge in [0.15, 0.2) is 5.71 Å². The summed E-state index contributed by atoms with van der Waals surface area (Å²) in [4.78, 5) is 3.45. The molecule has 0 bridgehead atoms. The molecule has 0 spiro atoms. The molecule has 0 amide bonds. The van der Waals surface area contributed by atoms with Crippen molar-refractivity contribution >= 4 is 38.6 Å². The largest absolute Gasteiger partial charge is 0.434 e. The van der Waals surface area contributed by atoms with Crippen molar-refractivity contribution in [3.05, 3.63) is 10.2 Å². The fraction of sp³-hybridized carbons (Fsp3) is 0.571. The molecule has 82 valence electrons. The number of aliphatic imine (C=N–C) groups is 1. The van der Waals surface area contributed by atoms with Gasteiger partial charge >= 0.3 is 6.18 Å². The van der Waals surface area contributed by atoms with Crippen LogP contribution in [0.15, 0.2) is 15.2 Å². The lowest BCUT2D eigenvalue weighted by molar-refractivity contribution is -0.0580. The van der Waals surface area contributed by atoms with Crippen molar-refractivity contribution < 1.29 is 13.2 Å². The third-order valence-corrected chi connectivity index (χ3v) is 2.55. The fourth-order valence-electron chi connectivity index (χ4n) is 0.950. The maximum Gasteiger partial charge on any atom is 0.434 e. The molecule has 0 saturated carbocycles. The van der Waals surface area contributed by atoms with Crippen molar-refractivity contribution in [2.24, 2.45) is 4.99 Å². The van der Waals surface area contributed by atoms with Crippen LogP contribution in [0, 0.1) is 0 Å². The van der Waals surface area contributed by atoms with Gasteiger partial charge in [-0.05, 0) is 22.9 Å². The highest BCUT2D eigenvalue weighted by atomic mass is 79.9. The molecule has 0 unspecified atom stereocenters. The van der Waals surface area contributed by atoms with E-state index in [9.17, 15) is 13.2 Å². The topological polar surface area (TPSA) is 24.4 Å². The molecule has 0 aliphatic carbocycles. The lowest BCUT2D eigenvalue weighted by Crippen LogP contribution is -2.24. The highest BCUT2D eigenvalue weighted by molar-refractivity contribution is 9.12. The third-order valence-electron chi connectivity index (χ3n) is 1.58. The van der Waals surface area contributed by atoms with Crippen LogP contribution in [0.3, 0.4) is 0 Å². The van der Waals surface area contributed by atoms with E-state index in [0.29, 0.717) is 12.2 Å².